The lowest BCUT2D eigenvalue weighted by Crippen LogP contribution is -2.40. The smallest absolute Gasteiger partial charge is 0.240 e. The Labute approximate surface area is 166 Å². The predicted molar refractivity (Wildman–Crippen MR) is 108 cm³/mol. The van der Waals surface area contributed by atoms with Crippen molar-refractivity contribution in [2.75, 3.05) is 10.7 Å². The fourth-order valence-corrected chi connectivity index (χ4v) is 4.31. The standard InChI is InChI=1S/C20H20FN5OS/c1-12-11-14-7-3-6-10-17(14)25(12)19(27)13(2)28-20-24-23-18(26(20)22)15-8-4-5-9-16(15)21/h3-10,12-13H,11,22H2,1-2H3/t12-,13-/m0/s1. The summed E-state index contributed by atoms with van der Waals surface area (Å²) in [6, 6.07) is 14.3. The first-order valence-electron chi connectivity index (χ1n) is 9.00. The topological polar surface area (TPSA) is 77.0 Å². The molecular formula is C20H20FN5OS. The molecular weight excluding hydrogens is 377 g/mol. The summed E-state index contributed by atoms with van der Waals surface area (Å²) < 4.78 is 15.3. The molecule has 1 aliphatic heterocycles. The molecule has 2 heterocycles. The molecule has 0 unspecified atom stereocenters. The predicted octanol–water partition coefficient (Wildman–Crippen LogP) is 3.26. The fourth-order valence-electron chi connectivity index (χ4n) is 3.49. The highest BCUT2D eigenvalue weighted by molar-refractivity contribution is 8.00. The number of carbonyl (C=O) groups is 1. The number of para-hydroxylation sites is 1. The van der Waals surface area contributed by atoms with Crippen LogP contribution >= 0.6 is 11.8 Å². The molecule has 28 heavy (non-hydrogen) atoms. The van der Waals surface area contributed by atoms with E-state index in [1.165, 1.54) is 28.1 Å². The molecule has 2 atom stereocenters. The second kappa shape index (κ2) is 7.27. The van der Waals surface area contributed by atoms with E-state index in [1.807, 2.05) is 43.0 Å². The summed E-state index contributed by atoms with van der Waals surface area (Å²) in [6.07, 6.45) is 0.837. The van der Waals surface area contributed by atoms with Crippen LogP contribution in [0.1, 0.15) is 19.4 Å². The zero-order chi connectivity index (χ0) is 19.8. The van der Waals surface area contributed by atoms with Crippen molar-refractivity contribution < 1.29 is 9.18 Å². The van der Waals surface area contributed by atoms with Crippen LogP contribution in [0.4, 0.5) is 10.1 Å². The summed E-state index contributed by atoms with van der Waals surface area (Å²) in [6.45, 7) is 3.86. The van der Waals surface area contributed by atoms with Crippen LogP contribution in [0.25, 0.3) is 11.4 Å². The summed E-state index contributed by atoms with van der Waals surface area (Å²) >= 11 is 1.21. The maximum Gasteiger partial charge on any atom is 0.240 e. The van der Waals surface area contributed by atoms with E-state index < -0.39 is 11.1 Å². The molecule has 6 nitrogen and oxygen atoms in total. The van der Waals surface area contributed by atoms with Crippen molar-refractivity contribution in [1.82, 2.24) is 14.9 Å². The third-order valence-corrected chi connectivity index (χ3v) is 5.90. The summed E-state index contributed by atoms with van der Waals surface area (Å²) in [4.78, 5) is 14.9. The van der Waals surface area contributed by atoms with Crippen molar-refractivity contribution in [3.63, 3.8) is 0 Å². The molecule has 0 bridgehead atoms. The van der Waals surface area contributed by atoms with Crippen LogP contribution in [0.3, 0.4) is 0 Å². The number of carbonyl (C=O) groups excluding carboxylic acids is 1. The number of fused-ring (bicyclic) bond motifs is 1. The zero-order valence-electron chi connectivity index (χ0n) is 15.5. The number of benzene rings is 2. The van der Waals surface area contributed by atoms with Crippen molar-refractivity contribution in [1.29, 1.82) is 0 Å². The Balaban J connectivity index is 1.56. The average Bonchev–Trinajstić information content (AvgIpc) is 3.21. The largest absolute Gasteiger partial charge is 0.335 e. The Kier molecular flexibility index (Phi) is 4.80. The van der Waals surface area contributed by atoms with Gasteiger partial charge < -0.3 is 10.7 Å². The van der Waals surface area contributed by atoms with Crippen molar-refractivity contribution >= 4 is 23.4 Å². The van der Waals surface area contributed by atoms with Crippen molar-refractivity contribution in [3.05, 3.63) is 59.9 Å². The molecule has 0 radical (unpaired) electrons. The van der Waals surface area contributed by atoms with E-state index in [0.29, 0.717) is 5.16 Å². The molecule has 144 valence electrons. The number of amides is 1. The molecule has 0 aliphatic carbocycles. The van der Waals surface area contributed by atoms with E-state index in [0.717, 1.165) is 12.1 Å². The number of thioether (sulfide) groups is 1. The SMILES string of the molecule is C[C@H](Sc1nnc(-c2ccccc2F)n1N)C(=O)N1c2ccccc2C[C@@H]1C. The van der Waals surface area contributed by atoms with E-state index in [4.69, 9.17) is 5.84 Å². The number of nitrogens with two attached hydrogens (primary N) is 1. The van der Waals surface area contributed by atoms with Crippen LogP contribution in [0.2, 0.25) is 0 Å². The molecule has 2 N–H and O–H groups in total. The fraction of sp³-hybridized carbons (Fsp3) is 0.250. The zero-order valence-corrected chi connectivity index (χ0v) is 16.4. The van der Waals surface area contributed by atoms with Crippen LogP contribution in [0.15, 0.2) is 53.7 Å². The van der Waals surface area contributed by atoms with Crippen LogP contribution in [0.5, 0.6) is 0 Å². The summed E-state index contributed by atoms with van der Waals surface area (Å²) in [5.74, 6) is 5.87. The highest BCUT2D eigenvalue weighted by Crippen LogP contribution is 2.35. The van der Waals surface area contributed by atoms with Crippen LogP contribution in [0, 0.1) is 5.82 Å². The summed E-state index contributed by atoms with van der Waals surface area (Å²) in [5, 5.41) is 8.01. The van der Waals surface area contributed by atoms with Crippen molar-refractivity contribution in [3.8, 4) is 11.4 Å². The molecule has 0 saturated carbocycles. The molecule has 8 heteroatoms. The second-order valence-electron chi connectivity index (χ2n) is 6.81. The van der Waals surface area contributed by atoms with E-state index in [-0.39, 0.29) is 23.3 Å². The van der Waals surface area contributed by atoms with Gasteiger partial charge in [-0.15, -0.1) is 10.2 Å². The van der Waals surface area contributed by atoms with Gasteiger partial charge in [-0.2, -0.15) is 0 Å². The number of nitrogens with zero attached hydrogens (tertiary/aromatic N) is 4. The molecule has 1 amide bonds. The molecule has 0 fully saturated rings. The van der Waals surface area contributed by atoms with Gasteiger partial charge in [-0.05, 0) is 44.0 Å². The molecule has 0 saturated heterocycles. The van der Waals surface area contributed by atoms with Crippen LogP contribution in [-0.4, -0.2) is 32.1 Å². The van der Waals surface area contributed by atoms with Gasteiger partial charge in [-0.3, -0.25) is 4.79 Å². The van der Waals surface area contributed by atoms with Gasteiger partial charge in [-0.25, -0.2) is 9.07 Å². The Bertz CT molecular complexity index is 1040. The quantitative estimate of drug-likeness (QED) is 0.540. The van der Waals surface area contributed by atoms with Gasteiger partial charge in [0.15, 0.2) is 5.82 Å². The van der Waals surface area contributed by atoms with Gasteiger partial charge in [0.2, 0.25) is 11.1 Å². The Morgan fingerprint density at radius 2 is 1.93 bits per heavy atom. The second-order valence-corrected chi connectivity index (χ2v) is 8.11. The minimum Gasteiger partial charge on any atom is -0.335 e. The van der Waals surface area contributed by atoms with E-state index in [2.05, 4.69) is 10.2 Å². The summed E-state index contributed by atoms with van der Waals surface area (Å²) in [7, 11) is 0. The average molecular weight is 397 g/mol. The third-order valence-electron chi connectivity index (χ3n) is 4.85. The lowest BCUT2D eigenvalue weighted by atomic mass is 10.1. The van der Waals surface area contributed by atoms with E-state index >= 15 is 0 Å². The number of nitrogen functional groups attached to an aromatic ring is 1. The monoisotopic (exact) mass is 397 g/mol. The van der Waals surface area contributed by atoms with Gasteiger partial charge in [0.25, 0.3) is 0 Å². The van der Waals surface area contributed by atoms with Crippen molar-refractivity contribution in [2.45, 2.75) is 36.7 Å². The molecule has 3 aromatic rings. The first-order chi connectivity index (χ1) is 13.5. The highest BCUT2D eigenvalue weighted by Gasteiger charge is 2.34. The van der Waals surface area contributed by atoms with Gasteiger partial charge in [0, 0.05) is 11.7 Å². The van der Waals surface area contributed by atoms with Gasteiger partial charge in [-0.1, -0.05) is 42.1 Å². The number of anilines is 1. The number of rotatable bonds is 4. The lowest BCUT2D eigenvalue weighted by Gasteiger charge is -2.25. The lowest BCUT2D eigenvalue weighted by molar-refractivity contribution is -0.118. The highest BCUT2D eigenvalue weighted by atomic mass is 32.2. The third kappa shape index (κ3) is 3.13. The van der Waals surface area contributed by atoms with E-state index in [1.54, 1.807) is 18.2 Å². The number of hydrogen-bond donors (Lipinski definition) is 1. The molecule has 2 aromatic carbocycles. The molecule has 4 rings (SSSR count). The molecule has 0 spiro atoms. The maximum atomic E-state index is 14.0. The Morgan fingerprint density at radius 1 is 1.21 bits per heavy atom. The minimum absolute atomic E-state index is 0.0158. The van der Waals surface area contributed by atoms with E-state index in [9.17, 15) is 9.18 Å². The summed E-state index contributed by atoms with van der Waals surface area (Å²) in [5.41, 5.74) is 2.39. The first-order valence-corrected chi connectivity index (χ1v) is 9.88. The Morgan fingerprint density at radius 3 is 2.71 bits per heavy atom. The van der Waals surface area contributed by atoms with Gasteiger partial charge >= 0.3 is 0 Å². The minimum atomic E-state index is -0.426. The van der Waals surface area contributed by atoms with Crippen LogP contribution < -0.4 is 10.7 Å². The number of hydrogen-bond acceptors (Lipinski definition) is 5. The molecule has 1 aromatic heterocycles. The number of halogens is 1. The normalized spacial score (nSPS) is 16.8. The molecule has 1 aliphatic rings. The first kappa shape index (κ1) is 18.5. The Hall–Kier alpha value is -2.87. The van der Waals surface area contributed by atoms with Gasteiger partial charge in [0.05, 0.1) is 10.8 Å². The maximum absolute atomic E-state index is 14.0. The van der Waals surface area contributed by atoms with Crippen LogP contribution in [-0.2, 0) is 11.2 Å². The number of aromatic nitrogens is 3. The van der Waals surface area contributed by atoms with Gasteiger partial charge in [0.1, 0.15) is 5.82 Å². The van der Waals surface area contributed by atoms with Crippen molar-refractivity contribution in [2.24, 2.45) is 0 Å².